The predicted molar refractivity (Wildman–Crippen MR) is 214 cm³/mol. The third-order valence-corrected chi connectivity index (χ3v) is 8.16. The second-order valence-electron chi connectivity index (χ2n) is 13.0. The van der Waals surface area contributed by atoms with Gasteiger partial charge >= 0.3 is 11.9 Å². The number of aliphatic hydroxyl groups is 1. The Balaban J connectivity index is 3.74. The van der Waals surface area contributed by atoms with Crippen LogP contribution in [0, 0.1) is 0 Å². The van der Waals surface area contributed by atoms with E-state index in [9.17, 15) is 14.7 Å². The Morgan fingerprint density at radius 2 is 0.820 bits per heavy atom. The summed E-state index contributed by atoms with van der Waals surface area (Å²) in [6.45, 7) is 4.01. The standard InChI is InChI=1S/C45H74O5/c1-3-5-7-9-11-13-15-17-19-21-22-24-25-27-29-31-33-35-37-39-44(47)49-42-43(41-46)50-45(48)40-38-36-34-32-30-28-26-23-20-18-16-14-12-10-8-6-4-2/h11,13,17-20,22,24,26-29,32,34,43,46H,3-10,12,14-16,21,23,25,30-31,33,35-42H2,1-2H3. The van der Waals surface area contributed by atoms with Crippen molar-refractivity contribution in [1.82, 2.24) is 0 Å². The molecule has 0 aliphatic rings. The highest BCUT2D eigenvalue weighted by molar-refractivity contribution is 5.70. The molecule has 1 N–H and O–H groups in total. The molecule has 5 heteroatoms. The largest absolute Gasteiger partial charge is 0.462 e. The molecule has 1 unspecified atom stereocenters. The van der Waals surface area contributed by atoms with E-state index in [0.29, 0.717) is 12.8 Å². The molecule has 0 spiro atoms. The summed E-state index contributed by atoms with van der Waals surface area (Å²) in [6.07, 6.45) is 55.0. The molecule has 0 bridgehead atoms. The summed E-state index contributed by atoms with van der Waals surface area (Å²) in [4.78, 5) is 24.2. The van der Waals surface area contributed by atoms with Crippen LogP contribution in [0.5, 0.6) is 0 Å². The van der Waals surface area contributed by atoms with Crippen LogP contribution in [0.3, 0.4) is 0 Å². The van der Waals surface area contributed by atoms with Gasteiger partial charge in [-0.2, -0.15) is 0 Å². The van der Waals surface area contributed by atoms with Gasteiger partial charge in [-0.3, -0.25) is 9.59 Å². The summed E-state index contributed by atoms with van der Waals surface area (Å²) in [5.74, 6) is -0.696. The Morgan fingerprint density at radius 3 is 1.30 bits per heavy atom. The number of hydrogen-bond donors (Lipinski definition) is 1. The smallest absolute Gasteiger partial charge is 0.306 e. The van der Waals surface area contributed by atoms with E-state index in [2.05, 4.69) is 98.9 Å². The zero-order valence-electron chi connectivity index (χ0n) is 32.1. The molecule has 50 heavy (non-hydrogen) atoms. The van der Waals surface area contributed by atoms with E-state index in [1.807, 2.05) is 0 Å². The molecule has 0 aromatic heterocycles. The molecule has 1 atom stereocenters. The molecule has 0 fully saturated rings. The van der Waals surface area contributed by atoms with Crippen molar-refractivity contribution in [2.45, 2.75) is 174 Å². The number of aliphatic hydroxyl groups excluding tert-OH is 1. The lowest BCUT2D eigenvalue weighted by Gasteiger charge is -2.15. The quantitative estimate of drug-likeness (QED) is 0.0406. The van der Waals surface area contributed by atoms with E-state index in [-0.39, 0.29) is 31.6 Å². The van der Waals surface area contributed by atoms with E-state index < -0.39 is 6.10 Å². The van der Waals surface area contributed by atoms with Crippen LogP contribution < -0.4 is 0 Å². The lowest BCUT2D eigenvalue weighted by atomic mass is 10.1. The highest BCUT2D eigenvalue weighted by Gasteiger charge is 2.15. The minimum absolute atomic E-state index is 0.107. The Morgan fingerprint density at radius 1 is 0.460 bits per heavy atom. The van der Waals surface area contributed by atoms with Crippen LogP contribution >= 0.6 is 0 Å². The van der Waals surface area contributed by atoms with Crippen LogP contribution in [-0.2, 0) is 19.1 Å². The van der Waals surface area contributed by atoms with Crippen molar-refractivity contribution in [2.24, 2.45) is 0 Å². The highest BCUT2D eigenvalue weighted by atomic mass is 16.6. The minimum atomic E-state index is -0.815. The normalized spacial score (nSPS) is 13.1. The average Bonchev–Trinajstić information content (AvgIpc) is 3.12. The number of esters is 2. The minimum Gasteiger partial charge on any atom is -0.462 e. The number of rotatable bonds is 35. The highest BCUT2D eigenvalue weighted by Crippen LogP contribution is 2.09. The fourth-order valence-electron chi connectivity index (χ4n) is 5.08. The number of carbonyl (C=O) groups is 2. The number of unbranched alkanes of at least 4 members (excludes halogenated alkanes) is 13. The van der Waals surface area contributed by atoms with Crippen LogP contribution in [0.15, 0.2) is 85.1 Å². The molecule has 0 heterocycles. The maximum atomic E-state index is 12.1. The Kier molecular flexibility index (Phi) is 38.1. The fraction of sp³-hybridized carbons (Fsp3) is 0.644. The van der Waals surface area contributed by atoms with E-state index in [4.69, 9.17) is 9.47 Å². The zero-order chi connectivity index (χ0) is 36.4. The summed E-state index contributed by atoms with van der Waals surface area (Å²) in [5, 5.41) is 9.55. The van der Waals surface area contributed by atoms with E-state index in [0.717, 1.165) is 64.2 Å². The van der Waals surface area contributed by atoms with Gasteiger partial charge in [-0.1, -0.05) is 150 Å². The average molecular weight is 695 g/mol. The van der Waals surface area contributed by atoms with Crippen molar-refractivity contribution in [2.75, 3.05) is 13.2 Å². The first kappa shape index (κ1) is 47.1. The first-order valence-electron chi connectivity index (χ1n) is 20.1. The molecule has 0 aliphatic carbocycles. The topological polar surface area (TPSA) is 72.8 Å². The summed E-state index contributed by atoms with van der Waals surface area (Å²) >= 11 is 0. The Labute approximate surface area is 307 Å². The van der Waals surface area contributed by atoms with Crippen LogP contribution in [0.25, 0.3) is 0 Å². The SMILES string of the molecule is CCCCCC=CCC=CCC=CCC=CCCCCCC(=O)OCC(CO)OC(=O)CCCC=CCC=CCC=CCCCCCCCC. The lowest BCUT2D eigenvalue weighted by molar-refractivity contribution is -0.161. The maximum absolute atomic E-state index is 12.1. The first-order chi connectivity index (χ1) is 24.6. The molecule has 0 saturated heterocycles. The molecule has 0 aromatic rings. The molecule has 5 nitrogen and oxygen atoms in total. The van der Waals surface area contributed by atoms with E-state index in [1.165, 1.54) is 70.6 Å². The van der Waals surface area contributed by atoms with Crippen molar-refractivity contribution >= 4 is 11.9 Å². The second-order valence-corrected chi connectivity index (χ2v) is 13.0. The molecule has 0 aromatic carbocycles. The number of carbonyl (C=O) groups excluding carboxylic acids is 2. The van der Waals surface area contributed by atoms with Crippen molar-refractivity contribution in [3.63, 3.8) is 0 Å². The summed E-state index contributed by atoms with van der Waals surface area (Å²) < 4.78 is 10.5. The fourth-order valence-corrected chi connectivity index (χ4v) is 5.08. The van der Waals surface area contributed by atoms with Gasteiger partial charge < -0.3 is 14.6 Å². The van der Waals surface area contributed by atoms with Gasteiger partial charge in [-0.05, 0) is 89.9 Å². The van der Waals surface area contributed by atoms with Gasteiger partial charge in [-0.15, -0.1) is 0 Å². The zero-order valence-corrected chi connectivity index (χ0v) is 32.1. The first-order valence-corrected chi connectivity index (χ1v) is 20.1. The van der Waals surface area contributed by atoms with Crippen LogP contribution in [0.4, 0.5) is 0 Å². The Bertz CT molecular complexity index is 968. The number of hydrogen-bond acceptors (Lipinski definition) is 5. The van der Waals surface area contributed by atoms with Crippen molar-refractivity contribution in [3.05, 3.63) is 85.1 Å². The maximum Gasteiger partial charge on any atom is 0.306 e. The van der Waals surface area contributed by atoms with Gasteiger partial charge in [-0.25, -0.2) is 0 Å². The van der Waals surface area contributed by atoms with Crippen molar-refractivity contribution in [3.8, 4) is 0 Å². The van der Waals surface area contributed by atoms with Crippen LogP contribution in [0.2, 0.25) is 0 Å². The molecule has 0 aliphatic heterocycles. The number of ether oxygens (including phenoxy) is 2. The molecular formula is C45H74O5. The van der Waals surface area contributed by atoms with Gasteiger partial charge in [0.25, 0.3) is 0 Å². The summed E-state index contributed by atoms with van der Waals surface area (Å²) in [5.41, 5.74) is 0. The summed E-state index contributed by atoms with van der Waals surface area (Å²) in [6, 6.07) is 0. The lowest BCUT2D eigenvalue weighted by Crippen LogP contribution is -2.28. The second kappa shape index (κ2) is 40.5. The third-order valence-electron chi connectivity index (χ3n) is 8.16. The molecule has 0 saturated carbocycles. The molecule has 0 rings (SSSR count). The van der Waals surface area contributed by atoms with Gasteiger partial charge in [0.2, 0.25) is 0 Å². The van der Waals surface area contributed by atoms with Gasteiger partial charge in [0.05, 0.1) is 6.61 Å². The van der Waals surface area contributed by atoms with Gasteiger partial charge in [0.1, 0.15) is 6.61 Å². The van der Waals surface area contributed by atoms with Gasteiger partial charge in [0.15, 0.2) is 6.10 Å². The molecular weight excluding hydrogens is 620 g/mol. The number of allylic oxidation sites excluding steroid dienone is 14. The van der Waals surface area contributed by atoms with Gasteiger partial charge in [0, 0.05) is 12.8 Å². The van der Waals surface area contributed by atoms with Crippen molar-refractivity contribution < 1.29 is 24.2 Å². The molecule has 284 valence electrons. The van der Waals surface area contributed by atoms with Crippen molar-refractivity contribution in [1.29, 1.82) is 0 Å². The Hall–Kier alpha value is -2.92. The van der Waals surface area contributed by atoms with Crippen LogP contribution in [0.1, 0.15) is 168 Å². The molecule has 0 radical (unpaired) electrons. The predicted octanol–water partition coefficient (Wildman–Crippen LogP) is 12.7. The van der Waals surface area contributed by atoms with E-state index >= 15 is 0 Å². The molecule has 0 amide bonds. The monoisotopic (exact) mass is 695 g/mol. The van der Waals surface area contributed by atoms with E-state index in [1.54, 1.807) is 0 Å². The summed E-state index contributed by atoms with van der Waals surface area (Å²) in [7, 11) is 0. The van der Waals surface area contributed by atoms with Crippen LogP contribution in [-0.4, -0.2) is 36.4 Å². The third kappa shape index (κ3) is 37.9.